The standard InChI is InChI=1S/C13H27N3/c1-4-9-15-12(14)16-10-11-5-7-13(2,3)8-6-11/h11H,4-10H2,1-3H3,(H3,14,15,16). The van der Waals surface area contributed by atoms with Gasteiger partial charge in [0, 0.05) is 13.1 Å². The molecule has 3 N–H and O–H groups in total. The van der Waals surface area contributed by atoms with E-state index in [0.717, 1.165) is 25.4 Å². The van der Waals surface area contributed by atoms with Crippen molar-refractivity contribution in [3.63, 3.8) is 0 Å². The molecule has 1 saturated carbocycles. The molecule has 1 rings (SSSR count). The number of aliphatic imine (C=N–C) groups is 1. The van der Waals surface area contributed by atoms with Crippen molar-refractivity contribution in [2.75, 3.05) is 13.1 Å². The molecule has 3 nitrogen and oxygen atoms in total. The molecule has 0 saturated heterocycles. The van der Waals surface area contributed by atoms with E-state index in [1.54, 1.807) is 0 Å². The van der Waals surface area contributed by atoms with Gasteiger partial charge in [-0.25, -0.2) is 0 Å². The number of nitrogens with zero attached hydrogens (tertiary/aromatic N) is 1. The summed E-state index contributed by atoms with van der Waals surface area (Å²) in [6.07, 6.45) is 6.36. The first kappa shape index (κ1) is 13.3. The van der Waals surface area contributed by atoms with Crippen molar-refractivity contribution in [3.8, 4) is 0 Å². The molecule has 0 spiro atoms. The molecular weight excluding hydrogens is 198 g/mol. The number of hydrogen-bond donors (Lipinski definition) is 2. The van der Waals surface area contributed by atoms with Crippen LogP contribution in [0.5, 0.6) is 0 Å². The number of nitrogens with one attached hydrogen (secondary N) is 1. The van der Waals surface area contributed by atoms with Gasteiger partial charge >= 0.3 is 0 Å². The summed E-state index contributed by atoms with van der Waals surface area (Å²) < 4.78 is 0. The van der Waals surface area contributed by atoms with Crippen molar-refractivity contribution in [1.29, 1.82) is 0 Å². The Morgan fingerprint density at radius 1 is 1.38 bits per heavy atom. The molecule has 0 radical (unpaired) electrons. The van der Waals surface area contributed by atoms with Crippen LogP contribution in [0.2, 0.25) is 0 Å². The van der Waals surface area contributed by atoms with E-state index in [4.69, 9.17) is 5.73 Å². The SMILES string of the molecule is CCCNC(N)=NCC1CCC(C)(C)CC1. The molecule has 0 aromatic rings. The molecule has 1 aliphatic carbocycles. The second-order valence-electron chi connectivity index (χ2n) is 5.76. The lowest BCUT2D eigenvalue weighted by Gasteiger charge is -2.33. The highest BCUT2D eigenvalue weighted by molar-refractivity contribution is 5.77. The van der Waals surface area contributed by atoms with E-state index in [2.05, 4.69) is 31.1 Å². The van der Waals surface area contributed by atoms with Crippen LogP contribution in [0, 0.1) is 11.3 Å². The number of nitrogens with two attached hydrogens (primary N) is 1. The van der Waals surface area contributed by atoms with Gasteiger partial charge in [-0.1, -0.05) is 20.8 Å². The topological polar surface area (TPSA) is 50.4 Å². The van der Waals surface area contributed by atoms with Crippen molar-refractivity contribution in [3.05, 3.63) is 0 Å². The van der Waals surface area contributed by atoms with Gasteiger partial charge in [0.2, 0.25) is 0 Å². The smallest absolute Gasteiger partial charge is 0.188 e. The zero-order valence-electron chi connectivity index (χ0n) is 11.1. The summed E-state index contributed by atoms with van der Waals surface area (Å²) in [6, 6.07) is 0. The fourth-order valence-electron chi connectivity index (χ4n) is 2.18. The van der Waals surface area contributed by atoms with Crippen LogP contribution in [0.15, 0.2) is 4.99 Å². The van der Waals surface area contributed by atoms with Gasteiger partial charge in [-0.15, -0.1) is 0 Å². The third kappa shape index (κ3) is 4.86. The summed E-state index contributed by atoms with van der Waals surface area (Å²) in [5, 5.41) is 3.12. The largest absolute Gasteiger partial charge is 0.370 e. The molecule has 94 valence electrons. The van der Waals surface area contributed by atoms with Crippen molar-refractivity contribution in [2.24, 2.45) is 22.1 Å². The van der Waals surface area contributed by atoms with E-state index in [1.807, 2.05) is 0 Å². The van der Waals surface area contributed by atoms with Gasteiger partial charge in [-0.2, -0.15) is 0 Å². The Bertz CT molecular complexity index is 223. The van der Waals surface area contributed by atoms with Gasteiger partial charge in [-0.05, 0) is 43.4 Å². The molecule has 0 unspecified atom stereocenters. The first-order valence-electron chi connectivity index (χ1n) is 6.57. The van der Waals surface area contributed by atoms with Crippen molar-refractivity contribution >= 4 is 5.96 Å². The van der Waals surface area contributed by atoms with Gasteiger partial charge in [0.15, 0.2) is 5.96 Å². The summed E-state index contributed by atoms with van der Waals surface area (Å²) in [5.74, 6) is 1.36. The van der Waals surface area contributed by atoms with Crippen LogP contribution in [-0.2, 0) is 0 Å². The third-order valence-corrected chi connectivity index (χ3v) is 3.53. The molecule has 0 heterocycles. The van der Waals surface area contributed by atoms with Crippen LogP contribution in [0.3, 0.4) is 0 Å². The fourth-order valence-corrected chi connectivity index (χ4v) is 2.18. The molecule has 0 atom stereocenters. The molecule has 0 aliphatic heterocycles. The van der Waals surface area contributed by atoms with E-state index < -0.39 is 0 Å². The Kier molecular flexibility index (Phi) is 5.10. The van der Waals surface area contributed by atoms with Crippen LogP contribution in [0.1, 0.15) is 52.9 Å². The lowest BCUT2D eigenvalue weighted by molar-refractivity contribution is 0.195. The van der Waals surface area contributed by atoms with Crippen LogP contribution in [0.25, 0.3) is 0 Å². The van der Waals surface area contributed by atoms with Gasteiger partial charge < -0.3 is 11.1 Å². The van der Waals surface area contributed by atoms with E-state index in [-0.39, 0.29) is 0 Å². The van der Waals surface area contributed by atoms with Gasteiger partial charge in [0.05, 0.1) is 0 Å². The monoisotopic (exact) mass is 225 g/mol. The highest BCUT2D eigenvalue weighted by atomic mass is 15.1. The Morgan fingerprint density at radius 3 is 2.56 bits per heavy atom. The summed E-state index contributed by atoms with van der Waals surface area (Å²) >= 11 is 0. The van der Waals surface area contributed by atoms with E-state index in [9.17, 15) is 0 Å². The molecule has 16 heavy (non-hydrogen) atoms. The summed E-state index contributed by atoms with van der Waals surface area (Å²) in [6.45, 7) is 8.68. The van der Waals surface area contributed by atoms with E-state index >= 15 is 0 Å². The van der Waals surface area contributed by atoms with Crippen LogP contribution < -0.4 is 11.1 Å². The predicted octanol–water partition coefficient (Wildman–Crippen LogP) is 2.52. The molecule has 1 fully saturated rings. The zero-order valence-corrected chi connectivity index (χ0v) is 11.1. The minimum atomic E-state index is 0.548. The lowest BCUT2D eigenvalue weighted by atomic mass is 9.73. The van der Waals surface area contributed by atoms with E-state index in [0.29, 0.717) is 11.4 Å². The fraction of sp³-hybridized carbons (Fsp3) is 0.923. The lowest BCUT2D eigenvalue weighted by Crippen LogP contribution is -2.33. The quantitative estimate of drug-likeness (QED) is 0.570. The Hall–Kier alpha value is -0.730. The van der Waals surface area contributed by atoms with Gasteiger partial charge in [0.1, 0.15) is 0 Å². The second-order valence-corrected chi connectivity index (χ2v) is 5.76. The molecule has 1 aliphatic rings. The first-order chi connectivity index (χ1) is 7.53. The van der Waals surface area contributed by atoms with Crippen molar-refractivity contribution in [1.82, 2.24) is 5.32 Å². The Labute approximate surface area is 99.9 Å². The Morgan fingerprint density at radius 2 is 2.00 bits per heavy atom. The number of rotatable bonds is 4. The maximum Gasteiger partial charge on any atom is 0.188 e. The number of guanidine groups is 1. The minimum Gasteiger partial charge on any atom is -0.370 e. The van der Waals surface area contributed by atoms with Crippen LogP contribution >= 0.6 is 0 Å². The molecule has 0 amide bonds. The molecule has 0 aromatic heterocycles. The first-order valence-corrected chi connectivity index (χ1v) is 6.57. The second kappa shape index (κ2) is 6.12. The molecule has 0 aromatic carbocycles. The zero-order chi connectivity index (χ0) is 12.0. The summed E-state index contributed by atoms with van der Waals surface area (Å²) in [4.78, 5) is 4.42. The van der Waals surface area contributed by atoms with Crippen molar-refractivity contribution < 1.29 is 0 Å². The van der Waals surface area contributed by atoms with Crippen LogP contribution in [0.4, 0.5) is 0 Å². The summed E-state index contributed by atoms with van der Waals surface area (Å²) in [5.41, 5.74) is 6.32. The minimum absolute atomic E-state index is 0.548. The van der Waals surface area contributed by atoms with Gasteiger partial charge in [-0.3, -0.25) is 4.99 Å². The normalized spacial score (nSPS) is 22.1. The average molecular weight is 225 g/mol. The highest BCUT2D eigenvalue weighted by Gasteiger charge is 2.26. The maximum absolute atomic E-state index is 5.77. The van der Waals surface area contributed by atoms with Gasteiger partial charge in [0.25, 0.3) is 0 Å². The number of hydrogen-bond acceptors (Lipinski definition) is 1. The molecule has 3 heteroatoms. The highest BCUT2D eigenvalue weighted by Crippen LogP contribution is 2.37. The molecular formula is C13H27N3. The molecule has 0 bridgehead atoms. The maximum atomic E-state index is 5.77. The Balaban J connectivity index is 2.23. The third-order valence-electron chi connectivity index (χ3n) is 3.53. The van der Waals surface area contributed by atoms with Crippen molar-refractivity contribution in [2.45, 2.75) is 52.9 Å². The summed E-state index contributed by atoms with van der Waals surface area (Å²) in [7, 11) is 0. The van der Waals surface area contributed by atoms with E-state index in [1.165, 1.54) is 25.7 Å². The van der Waals surface area contributed by atoms with Crippen LogP contribution in [-0.4, -0.2) is 19.0 Å². The average Bonchev–Trinajstić information content (AvgIpc) is 2.25. The predicted molar refractivity (Wildman–Crippen MR) is 70.5 cm³/mol.